The van der Waals surface area contributed by atoms with E-state index in [0.717, 1.165) is 23.5 Å². The van der Waals surface area contributed by atoms with Crippen LogP contribution in [0.4, 0.5) is 5.82 Å². The molecule has 4 heterocycles. The first-order valence-electron chi connectivity index (χ1n) is 10.1. The first-order valence-corrected chi connectivity index (χ1v) is 11.7. The van der Waals surface area contributed by atoms with Crippen LogP contribution in [0.15, 0.2) is 42.6 Å². The number of hydrogen-bond donors (Lipinski definition) is 3. The van der Waals surface area contributed by atoms with E-state index >= 15 is 0 Å². The highest BCUT2D eigenvalue weighted by atomic mass is 32.1. The molecule has 154 valence electrons. The Morgan fingerprint density at radius 2 is 1.66 bits per heavy atom. The fourth-order valence-electron chi connectivity index (χ4n) is 4.52. The lowest BCUT2D eigenvalue weighted by molar-refractivity contribution is 0.170. The Balaban J connectivity index is 1.52. The second kappa shape index (κ2) is 7.84. The van der Waals surface area contributed by atoms with Crippen LogP contribution in [0.1, 0.15) is 45.4 Å². The number of aliphatic hydroxyl groups is 1. The van der Waals surface area contributed by atoms with Crippen molar-refractivity contribution in [3.63, 3.8) is 0 Å². The van der Waals surface area contributed by atoms with Crippen molar-refractivity contribution in [2.24, 2.45) is 0 Å². The van der Waals surface area contributed by atoms with Crippen molar-refractivity contribution in [3.05, 3.63) is 47.5 Å². The molecule has 0 saturated carbocycles. The summed E-state index contributed by atoms with van der Waals surface area (Å²) in [5.41, 5.74) is 1.40. The van der Waals surface area contributed by atoms with E-state index in [-0.39, 0.29) is 17.7 Å². The number of aliphatic hydroxyl groups excluding tert-OH is 1. The molecule has 1 fully saturated rings. The molecule has 1 saturated heterocycles. The monoisotopic (exact) mass is 427 g/mol. The molecular weight excluding hydrogens is 398 g/mol. The summed E-state index contributed by atoms with van der Waals surface area (Å²) in [6.45, 7) is 9.18. The van der Waals surface area contributed by atoms with Crippen LogP contribution in [-0.2, 0) is 6.61 Å². The summed E-state index contributed by atoms with van der Waals surface area (Å²) in [4.78, 5) is 9.25. The normalized spacial score (nSPS) is 18.7. The zero-order valence-electron chi connectivity index (χ0n) is 17.5. The highest BCUT2D eigenvalue weighted by molar-refractivity contribution is 7.23. The molecule has 3 aromatic heterocycles. The summed E-state index contributed by atoms with van der Waals surface area (Å²) < 4.78 is 0. The molecule has 3 N–H and O–H groups in total. The van der Waals surface area contributed by atoms with Gasteiger partial charge in [0.1, 0.15) is 5.82 Å². The molecule has 6 heteroatoms. The van der Waals surface area contributed by atoms with Crippen molar-refractivity contribution in [2.45, 2.75) is 64.3 Å². The topological polar surface area (TPSA) is 57.2 Å². The molecule has 3 aromatic rings. The first-order chi connectivity index (χ1) is 13.7. The number of piperidine rings is 1. The van der Waals surface area contributed by atoms with Gasteiger partial charge >= 0.3 is 0 Å². The molecular formula is C23H29N3OS2. The summed E-state index contributed by atoms with van der Waals surface area (Å²) >= 11 is 3.43. The van der Waals surface area contributed by atoms with Gasteiger partial charge in [0.15, 0.2) is 0 Å². The van der Waals surface area contributed by atoms with E-state index in [1.165, 1.54) is 20.2 Å². The molecule has 0 atom stereocenters. The van der Waals surface area contributed by atoms with Crippen LogP contribution < -0.4 is 10.6 Å². The smallest absolute Gasteiger partial charge is 0.126 e. The van der Waals surface area contributed by atoms with Gasteiger partial charge in [-0.3, -0.25) is 0 Å². The largest absolute Gasteiger partial charge is 0.391 e. The zero-order valence-corrected chi connectivity index (χ0v) is 19.1. The van der Waals surface area contributed by atoms with Gasteiger partial charge in [-0.05, 0) is 82.5 Å². The van der Waals surface area contributed by atoms with E-state index in [9.17, 15) is 5.11 Å². The van der Waals surface area contributed by atoms with Gasteiger partial charge in [-0.25, -0.2) is 4.98 Å². The van der Waals surface area contributed by atoms with Crippen LogP contribution in [0.3, 0.4) is 0 Å². The standard InChI is InChI=1S/C23H29N3OS2/c1-22(2)12-16(13-23(3,4)26-22)25-21-11-15(9-10-24-21)18-7-8-20(29-18)19-6-5-17(14-27)28-19/h5-11,16,26-27H,12-14H2,1-4H3,(H,24,25). The van der Waals surface area contributed by atoms with Gasteiger partial charge in [-0.15, -0.1) is 22.7 Å². The van der Waals surface area contributed by atoms with Crippen molar-refractivity contribution in [3.8, 4) is 20.2 Å². The van der Waals surface area contributed by atoms with Crippen molar-refractivity contribution in [1.29, 1.82) is 0 Å². The first kappa shape index (κ1) is 20.5. The Labute approximate surface area is 181 Å². The maximum absolute atomic E-state index is 9.31. The van der Waals surface area contributed by atoms with Crippen LogP contribution in [0, 0.1) is 0 Å². The maximum Gasteiger partial charge on any atom is 0.126 e. The summed E-state index contributed by atoms with van der Waals surface area (Å²) in [7, 11) is 0. The third-order valence-electron chi connectivity index (χ3n) is 5.25. The van der Waals surface area contributed by atoms with Gasteiger partial charge in [-0.1, -0.05) is 0 Å². The molecule has 0 spiro atoms. The van der Waals surface area contributed by atoms with E-state index in [2.05, 4.69) is 73.6 Å². The second-order valence-corrected chi connectivity index (χ2v) is 11.4. The highest BCUT2D eigenvalue weighted by Gasteiger charge is 2.37. The molecule has 1 aliphatic heterocycles. The number of rotatable bonds is 5. The minimum atomic E-state index is 0.104. The number of anilines is 1. The molecule has 29 heavy (non-hydrogen) atoms. The SMILES string of the molecule is CC1(C)CC(Nc2cc(-c3ccc(-c4ccc(CO)s4)s3)ccn2)CC(C)(C)N1. The van der Waals surface area contributed by atoms with Crippen molar-refractivity contribution in [1.82, 2.24) is 10.3 Å². The van der Waals surface area contributed by atoms with E-state index in [1.807, 2.05) is 12.3 Å². The lowest BCUT2D eigenvalue weighted by Crippen LogP contribution is -2.60. The Bertz CT molecular complexity index is 973. The fourth-order valence-corrected chi connectivity index (χ4v) is 6.48. The van der Waals surface area contributed by atoms with Gasteiger partial charge in [0.25, 0.3) is 0 Å². The van der Waals surface area contributed by atoms with E-state index < -0.39 is 0 Å². The molecule has 1 aliphatic rings. The molecule has 0 amide bonds. The number of nitrogens with one attached hydrogen (secondary N) is 2. The van der Waals surface area contributed by atoms with Crippen LogP contribution in [0.25, 0.3) is 20.2 Å². The lowest BCUT2D eigenvalue weighted by Gasteiger charge is -2.46. The average molecular weight is 428 g/mol. The van der Waals surface area contributed by atoms with E-state index in [4.69, 9.17) is 0 Å². The summed E-state index contributed by atoms with van der Waals surface area (Å²) in [5.74, 6) is 0.939. The Kier molecular flexibility index (Phi) is 5.55. The van der Waals surface area contributed by atoms with Gasteiger partial charge in [0, 0.05) is 42.8 Å². The lowest BCUT2D eigenvalue weighted by atomic mass is 9.79. The quantitative estimate of drug-likeness (QED) is 0.485. The van der Waals surface area contributed by atoms with Gasteiger partial charge in [0.05, 0.1) is 6.61 Å². The van der Waals surface area contributed by atoms with Crippen LogP contribution >= 0.6 is 22.7 Å². The van der Waals surface area contributed by atoms with Crippen molar-refractivity contribution < 1.29 is 5.11 Å². The molecule has 0 bridgehead atoms. The number of thiophene rings is 2. The Morgan fingerprint density at radius 1 is 1.00 bits per heavy atom. The van der Waals surface area contributed by atoms with Crippen LogP contribution in [0.5, 0.6) is 0 Å². The van der Waals surface area contributed by atoms with Crippen LogP contribution in [0.2, 0.25) is 0 Å². The van der Waals surface area contributed by atoms with E-state index in [0.29, 0.717) is 6.04 Å². The second-order valence-electron chi connectivity index (χ2n) is 9.16. The van der Waals surface area contributed by atoms with Gasteiger partial charge in [-0.2, -0.15) is 0 Å². The summed E-state index contributed by atoms with van der Waals surface area (Å²) in [5, 5.41) is 16.7. The average Bonchev–Trinajstić information content (AvgIpc) is 3.28. The van der Waals surface area contributed by atoms with E-state index in [1.54, 1.807) is 22.7 Å². The minimum Gasteiger partial charge on any atom is -0.391 e. The summed E-state index contributed by atoms with van der Waals surface area (Å²) in [6.07, 6.45) is 4.03. The summed E-state index contributed by atoms with van der Waals surface area (Å²) in [6, 6.07) is 13.1. The molecule has 4 nitrogen and oxygen atoms in total. The fraction of sp³-hybridized carbons (Fsp3) is 0.435. The molecule has 0 aromatic carbocycles. The zero-order chi connectivity index (χ0) is 20.6. The molecule has 0 radical (unpaired) electrons. The molecule has 0 unspecified atom stereocenters. The Hall–Kier alpha value is -1.73. The molecule has 4 rings (SSSR count). The highest BCUT2D eigenvalue weighted by Crippen LogP contribution is 2.38. The number of hydrogen-bond acceptors (Lipinski definition) is 6. The van der Waals surface area contributed by atoms with Gasteiger partial charge in [0.2, 0.25) is 0 Å². The Morgan fingerprint density at radius 3 is 2.34 bits per heavy atom. The van der Waals surface area contributed by atoms with Crippen molar-refractivity contribution in [2.75, 3.05) is 5.32 Å². The number of nitrogens with zero attached hydrogens (tertiary/aromatic N) is 1. The van der Waals surface area contributed by atoms with Crippen LogP contribution in [-0.4, -0.2) is 27.2 Å². The number of pyridine rings is 1. The predicted molar refractivity (Wildman–Crippen MR) is 125 cm³/mol. The number of aromatic nitrogens is 1. The third-order valence-corrected chi connectivity index (χ3v) is 7.65. The maximum atomic E-state index is 9.31. The van der Waals surface area contributed by atoms with Gasteiger partial charge < -0.3 is 15.7 Å². The molecule has 0 aliphatic carbocycles. The minimum absolute atomic E-state index is 0.104. The third kappa shape index (κ3) is 4.89. The predicted octanol–water partition coefficient (Wildman–Crippen LogP) is 5.75. The van der Waals surface area contributed by atoms with Crippen molar-refractivity contribution >= 4 is 28.5 Å².